The Morgan fingerprint density at radius 1 is 1.34 bits per heavy atom. The Bertz CT molecular complexity index is 1120. The van der Waals surface area contributed by atoms with Gasteiger partial charge in [0.1, 0.15) is 0 Å². The maximum absolute atomic E-state index is 13.1. The number of hydrazone groups is 1. The van der Waals surface area contributed by atoms with Crippen LogP contribution in [0.2, 0.25) is 0 Å². The predicted molar refractivity (Wildman–Crippen MR) is 120 cm³/mol. The fraction of sp³-hybridized carbons (Fsp3) is 0.263. The van der Waals surface area contributed by atoms with Gasteiger partial charge in [-0.1, -0.05) is 35.2 Å². The topological polar surface area (TPSA) is 103 Å². The van der Waals surface area contributed by atoms with Crippen LogP contribution in [-0.2, 0) is 4.79 Å². The number of halogens is 2. The molecule has 8 nitrogen and oxygen atoms in total. The Hall–Kier alpha value is -2.77. The van der Waals surface area contributed by atoms with Gasteiger partial charge in [-0.2, -0.15) is 13.9 Å². The number of benzene rings is 1. The third-order valence-corrected chi connectivity index (χ3v) is 7.29. The molecule has 2 N–H and O–H groups in total. The Labute approximate surface area is 194 Å². The maximum atomic E-state index is 13.1. The highest BCUT2D eigenvalue weighted by Crippen LogP contribution is 2.39. The summed E-state index contributed by atoms with van der Waals surface area (Å²) in [6.07, 6.45) is 0.473. The zero-order valence-electron chi connectivity index (χ0n) is 16.6. The first-order valence-corrected chi connectivity index (χ1v) is 11.9. The van der Waals surface area contributed by atoms with E-state index in [1.54, 1.807) is 12.1 Å². The van der Waals surface area contributed by atoms with Crippen molar-refractivity contribution in [1.82, 2.24) is 15.2 Å². The molecule has 0 spiro atoms. The van der Waals surface area contributed by atoms with Gasteiger partial charge in [0.05, 0.1) is 29.5 Å². The molecular weight excluding hydrogens is 480 g/mol. The molecule has 3 heterocycles. The quantitative estimate of drug-likeness (QED) is 0.464. The van der Waals surface area contributed by atoms with Crippen molar-refractivity contribution in [3.63, 3.8) is 0 Å². The van der Waals surface area contributed by atoms with E-state index in [2.05, 4.69) is 20.0 Å². The molecule has 0 fully saturated rings. The molecule has 1 aliphatic rings. The highest BCUT2D eigenvalue weighted by molar-refractivity contribution is 8.01. The van der Waals surface area contributed by atoms with Gasteiger partial charge in [0.2, 0.25) is 5.13 Å². The minimum atomic E-state index is -2.97. The summed E-state index contributed by atoms with van der Waals surface area (Å²) in [5, 5.41) is 15.9. The second-order valence-corrected chi connectivity index (χ2v) is 9.65. The number of nitrogens with zero attached hydrogens (tertiary/aromatic N) is 4. The van der Waals surface area contributed by atoms with Gasteiger partial charge in [0, 0.05) is 6.42 Å². The number of amides is 1. The first-order chi connectivity index (χ1) is 15.4. The number of ether oxygens (including phenoxy) is 2. The number of anilines is 1. The summed E-state index contributed by atoms with van der Waals surface area (Å²) in [6, 6.07) is 8.06. The summed E-state index contributed by atoms with van der Waals surface area (Å²) >= 11 is 3.96. The van der Waals surface area contributed by atoms with Crippen LogP contribution in [0.25, 0.3) is 0 Å². The molecule has 13 heteroatoms. The number of nitrogens with two attached hydrogens (primary N) is 1. The summed E-state index contributed by atoms with van der Waals surface area (Å²) in [6.45, 7) is -2.97. The van der Waals surface area contributed by atoms with Gasteiger partial charge < -0.3 is 15.2 Å². The van der Waals surface area contributed by atoms with Gasteiger partial charge in [0.15, 0.2) is 15.8 Å². The molecule has 1 atom stereocenters. The Kier molecular flexibility index (Phi) is 6.86. The lowest BCUT2D eigenvalue weighted by molar-refractivity contribution is -0.130. The van der Waals surface area contributed by atoms with E-state index in [0.717, 1.165) is 10.6 Å². The Balaban J connectivity index is 1.59. The van der Waals surface area contributed by atoms with Crippen molar-refractivity contribution < 1.29 is 23.0 Å². The Morgan fingerprint density at radius 3 is 2.84 bits per heavy atom. The second-order valence-electron chi connectivity index (χ2n) is 6.47. The summed E-state index contributed by atoms with van der Waals surface area (Å²) < 4.78 is 35.7. The molecule has 1 aromatic carbocycles. The Morgan fingerprint density at radius 2 is 2.19 bits per heavy atom. The number of hydrogen-bond donors (Lipinski definition) is 1. The number of alkyl halides is 2. The third-order valence-electron chi connectivity index (χ3n) is 4.50. The molecule has 0 radical (unpaired) electrons. The number of methoxy groups -OCH3 is 1. The number of carbonyl (C=O) groups excluding carboxylic acids is 1. The minimum Gasteiger partial charge on any atom is -0.493 e. The van der Waals surface area contributed by atoms with Crippen LogP contribution in [0.3, 0.4) is 0 Å². The van der Waals surface area contributed by atoms with Crippen LogP contribution in [0.5, 0.6) is 11.5 Å². The summed E-state index contributed by atoms with van der Waals surface area (Å²) in [5.74, 6) is -0.0626. The van der Waals surface area contributed by atoms with Crippen LogP contribution >= 0.6 is 34.4 Å². The molecule has 0 aliphatic carbocycles. The van der Waals surface area contributed by atoms with Crippen LogP contribution in [0.1, 0.15) is 22.9 Å². The van der Waals surface area contributed by atoms with E-state index in [4.69, 9.17) is 10.5 Å². The van der Waals surface area contributed by atoms with E-state index < -0.39 is 12.7 Å². The van der Waals surface area contributed by atoms with Crippen LogP contribution in [-0.4, -0.2) is 46.3 Å². The van der Waals surface area contributed by atoms with Gasteiger partial charge in [-0.15, -0.1) is 21.5 Å². The van der Waals surface area contributed by atoms with E-state index in [9.17, 15) is 13.6 Å². The number of thioether (sulfide) groups is 1. The van der Waals surface area contributed by atoms with E-state index in [-0.39, 0.29) is 23.2 Å². The number of thiophene rings is 1. The molecule has 4 rings (SSSR count). The molecule has 1 unspecified atom stereocenters. The number of hydrogen-bond acceptors (Lipinski definition) is 10. The van der Waals surface area contributed by atoms with Gasteiger partial charge in [0.25, 0.3) is 5.91 Å². The van der Waals surface area contributed by atoms with Crippen LogP contribution in [0.15, 0.2) is 45.2 Å². The number of rotatable bonds is 8. The largest absolute Gasteiger partial charge is 0.493 e. The third kappa shape index (κ3) is 5.00. The van der Waals surface area contributed by atoms with Crippen molar-refractivity contribution in [2.45, 2.75) is 23.4 Å². The monoisotopic (exact) mass is 497 g/mol. The lowest BCUT2D eigenvalue weighted by Crippen LogP contribution is -2.28. The zero-order valence-corrected chi connectivity index (χ0v) is 19.1. The summed E-state index contributed by atoms with van der Waals surface area (Å²) in [5.41, 5.74) is 7.06. The zero-order chi connectivity index (χ0) is 22.7. The van der Waals surface area contributed by atoms with Crippen LogP contribution in [0, 0.1) is 0 Å². The average molecular weight is 498 g/mol. The molecule has 3 aromatic rings. The number of aromatic nitrogens is 2. The van der Waals surface area contributed by atoms with E-state index in [0.29, 0.717) is 21.5 Å². The molecule has 2 aromatic heterocycles. The average Bonchev–Trinajstić information content (AvgIpc) is 3.52. The first kappa shape index (κ1) is 22.4. The van der Waals surface area contributed by atoms with Gasteiger partial charge in [-0.3, -0.25) is 4.79 Å². The van der Waals surface area contributed by atoms with Crippen molar-refractivity contribution in [2.75, 3.05) is 18.6 Å². The van der Waals surface area contributed by atoms with Gasteiger partial charge in [-0.25, -0.2) is 5.01 Å². The predicted octanol–water partition coefficient (Wildman–Crippen LogP) is 4.26. The molecular formula is C19H17F2N5O3S3. The SMILES string of the molecule is COc1cc(C2CC(c3cccs3)=NN2C(=O)CSc2nnc(N)s2)ccc1OC(F)F. The van der Waals surface area contributed by atoms with E-state index in [1.165, 1.54) is 52.6 Å². The minimum absolute atomic E-state index is 0.0778. The van der Waals surface area contributed by atoms with Crippen molar-refractivity contribution in [3.05, 3.63) is 46.2 Å². The smallest absolute Gasteiger partial charge is 0.387 e. The first-order valence-electron chi connectivity index (χ1n) is 9.22. The van der Waals surface area contributed by atoms with Gasteiger partial charge >= 0.3 is 6.61 Å². The lowest BCUT2D eigenvalue weighted by Gasteiger charge is -2.22. The molecule has 1 aliphatic heterocycles. The molecule has 0 saturated carbocycles. The fourth-order valence-electron chi connectivity index (χ4n) is 3.14. The van der Waals surface area contributed by atoms with Gasteiger partial charge in [-0.05, 0) is 29.1 Å². The van der Waals surface area contributed by atoms with Crippen molar-refractivity contribution >= 4 is 51.2 Å². The molecule has 0 bridgehead atoms. The lowest BCUT2D eigenvalue weighted by atomic mass is 10.0. The maximum Gasteiger partial charge on any atom is 0.387 e. The second kappa shape index (κ2) is 9.79. The fourth-order valence-corrected chi connectivity index (χ4v) is 5.35. The van der Waals surface area contributed by atoms with E-state index in [1.807, 2.05) is 17.5 Å². The highest BCUT2D eigenvalue weighted by Gasteiger charge is 2.34. The molecule has 32 heavy (non-hydrogen) atoms. The normalized spacial score (nSPS) is 15.8. The van der Waals surface area contributed by atoms with Crippen LogP contribution in [0.4, 0.5) is 13.9 Å². The molecule has 0 saturated heterocycles. The highest BCUT2D eigenvalue weighted by atomic mass is 32.2. The number of carbonyl (C=O) groups is 1. The molecule has 168 valence electrons. The number of nitrogen functional groups attached to an aromatic ring is 1. The van der Waals surface area contributed by atoms with Crippen molar-refractivity contribution in [1.29, 1.82) is 0 Å². The standard InChI is InChI=1S/C19H17F2N5O3S3/c1-28-14-7-10(4-5-13(14)29-17(20)21)12-8-11(15-3-2-6-30-15)25-26(12)16(27)9-31-19-24-23-18(22)32-19/h2-7,12,17H,8-9H2,1H3,(H2,22,23). The summed E-state index contributed by atoms with van der Waals surface area (Å²) in [4.78, 5) is 14.0. The van der Waals surface area contributed by atoms with Crippen molar-refractivity contribution in [3.8, 4) is 11.5 Å². The van der Waals surface area contributed by atoms with Crippen molar-refractivity contribution in [2.24, 2.45) is 5.10 Å². The van der Waals surface area contributed by atoms with E-state index >= 15 is 0 Å². The van der Waals surface area contributed by atoms with Crippen LogP contribution < -0.4 is 15.2 Å². The molecule has 1 amide bonds. The summed E-state index contributed by atoms with van der Waals surface area (Å²) in [7, 11) is 1.37.